The van der Waals surface area contributed by atoms with E-state index in [2.05, 4.69) is 38.3 Å². The Kier molecular flexibility index (Phi) is 2.79. The summed E-state index contributed by atoms with van der Waals surface area (Å²) in [4.78, 5) is 0. The molecule has 2 N–H and O–H groups in total. The van der Waals surface area contributed by atoms with Gasteiger partial charge in [-0.2, -0.15) is 0 Å². The molecule has 0 radical (unpaired) electrons. The van der Waals surface area contributed by atoms with Crippen LogP contribution in [0.1, 0.15) is 34.1 Å². The molecule has 0 aromatic carbocycles. The van der Waals surface area contributed by atoms with Crippen LogP contribution in [0.15, 0.2) is 0 Å². The van der Waals surface area contributed by atoms with Gasteiger partial charge in [0, 0.05) is 25.2 Å². The highest BCUT2D eigenvalue weighted by Gasteiger charge is 2.29. The molecule has 0 bridgehead atoms. The summed E-state index contributed by atoms with van der Waals surface area (Å²) in [6, 6.07) is 0. The minimum Gasteiger partial charge on any atom is -0.315 e. The molecule has 0 aliphatic carbocycles. The van der Waals surface area contributed by atoms with Crippen molar-refractivity contribution < 1.29 is 0 Å². The van der Waals surface area contributed by atoms with Crippen molar-refractivity contribution in [3.05, 3.63) is 0 Å². The van der Waals surface area contributed by atoms with Crippen molar-refractivity contribution in [2.45, 2.75) is 39.7 Å². The third-order valence-electron chi connectivity index (χ3n) is 2.43. The third-order valence-corrected chi connectivity index (χ3v) is 2.43. The highest BCUT2D eigenvalue weighted by Crippen LogP contribution is 2.27. The van der Waals surface area contributed by atoms with E-state index in [1.165, 1.54) is 6.42 Å². The van der Waals surface area contributed by atoms with Crippen molar-refractivity contribution in [1.82, 2.24) is 10.6 Å². The zero-order valence-electron chi connectivity index (χ0n) is 8.83. The summed E-state index contributed by atoms with van der Waals surface area (Å²) in [6.45, 7) is 12.6. The average Bonchev–Trinajstić information content (AvgIpc) is 1.80. The van der Waals surface area contributed by atoms with E-state index in [4.69, 9.17) is 0 Å². The second-order valence-corrected chi connectivity index (χ2v) is 5.33. The Bertz CT molecular complexity index is 134. The molecule has 0 aromatic heterocycles. The van der Waals surface area contributed by atoms with E-state index >= 15 is 0 Å². The highest BCUT2D eigenvalue weighted by atomic mass is 15.0. The van der Waals surface area contributed by atoms with Gasteiger partial charge in [-0.25, -0.2) is 0 Å². The molecule has 2 heteroatoms. The van der Waals surface area contributed by atoms with Gasteiger partial charge in [-0.1, -0.05) is 13.8 Å². The number of nitrogens with one attached hydrogen (secondary N) is 2. The summed E-state index contributed by atoms with van der Waals surface area (Å²) >= 11 is 0. The molecule has 0 unspecified atom stereocenters. The minimum absolute atomic E-state index is 0.297. The van der Waals surface area contributed by atoms with Gasteiger partial charge in [-0.05, 0) is 25.7 Å². The maximum atomic E-state index is 3.55. The van der Waals surface area contributed by atoms with Crippen LogP contribution in [0.3, 0.4) is 0 Å². The van der Waals surface area contributed by atoms with Gasteiger partial charge in [-0.3, -0.25) is 0 Å². The smallest absolute Gasteiger partial charge is 0.0131 e. The lowest BCUT2D eigenvalue weighted by molar-refractivity contribution is 0.199. The first-order valence-corrected chi connectivity index (χ1v) is 4.87. The summed E-state index contributed by atoms with van der Waals surface area (Å²) in [7, 11) is 0. The number of rotatable bonds is 0. The van der Waals surface area contributed by atoms with E-state index in [9.17, 15) is 0 Å². The van der Waals surface area contributed by atoms with Crippen molar-refractivity contribution in [3.63, 3.8) is 0 Å². The fraction of sp³-hybridized carbons (Fsp3) is 1.00. The van der Waals surface area contributed by atoms with Crippen molar-refractivity contribution >= 4 is 0 Å². The molecule has 0 atom stereocenters. The van der Waals surface area contributed by atoms with E-state index in [1.807, 2.05) is 0 Å². The number of hydrogen-bond acceptors (Lipinski definition) is 2. The molecular weight excluding hydrogens is 148 g/mol. The molecule has 1 rings (SSSR count). The van der Waals surface area contributed by atoms with Crippen LogP contribution in [0.5, 0.6) is 0 Å². The maximum Gasteiger partial charge on any atom is 0.0131 e. The monoisotopic (exact) mass is 170 g/mol. The van der Waals surface area contributed by atoms with Crippen LogP contribution in [0.2, 0.25) is 0 Å². The van der Waals surface area contributed by atoms with Gasteiger partial charge in [0.1, 0.15) is 0 Å². The fourth-order valence-corrected chi connectivity index (χ4v) is 2.24. The molecule has 1 heterocycles. The average molecular weight is 170 g/mol. The van der Waals surface area contributed by atoms with Gasteiger partial charge in [0.2, 0.25) is 0 Å². The largest absolute Gasteiger partial charge is 0.315 e. The topological polar surface area (TPSA) is 24.1 Å². The van der Waals surface area contributed by atoms with Crippen molar-refractivity contribution in [3.8, 4) is 0 Å². The third kappa shape index (κ3) is 3.11. The minimum atomic E-state index is 0.297. The molecule has 72 valence electrons. The summed E-state index contributed by atoms with van der Waals surface area (Å²) in [5.74, 6) is 0. The molecule has 1 saturated heterocycles. The van der Waals surface area contributed by atoms with Crippen LogP contribution in [0, 0.1) is 5.41 Å². The van der Waals surface area contributed by atoms with Crippen LogP contribution in [0.25, 0.3) is 0 Å². The summed E-state index contributed by atoms with van der Waals surface area (Å²) in [6.07, 6.45) is 1.23. The lowest BCUT2D eigenvalue weighted by Crippen LogP contribution is -2.50. The second kappa shape index (κ2) is 3.35. The van der Waals surface area contributed by atoms with Gasteiger partial charge in [0.25, 0.3) is 0 Å². The van der Waals surface area contributed by atoms with E-state index in [0.717, 1.165) is 19.6 Å². The molecule has 0 aromatic rings. The SMILES string of the molecule is CC1(C)CNCCNC(C)(C)C1. The Balaban J connectivity index is 2.58. The summed E-state index contributed by atoms with van der Waals surface area (Å²) < 4.78 is 0. The lowest BCUT2D eigenvalue weighted by atomic mass is 9.79. The van der Waals surface area contributed by atoms with E-state index < -0.39 is 0 Å². The lowest BCUT2D eigenvalue weighted by Gasteiger charge is -2.38. The predicted molar refractivity (Wildman–Crippen MR) is 53.3 cm³/mol. The van der Waals surface area contributed by atoms with Gasteiger partial charge < -0.3 is 10.6 Å². The molecule has 0 saturated carbocycles. The normalized spacial score (nSPS) is 29.0. The van der Waals surface area contributed by atoms with Crippen LogP contribution in [0.4, 0.5) is 0 Å². The van der Waals surface area contributed by atoms with Crippen LogP contribution >= 0.6 is 0 Å². The second-order valence-electron chi connectivity index (χ2n) is 5.33. The Labute approximate surface area is 76.1 Å². The van der Waals surface area contributed by atoms with Crippen LogP contribution < -0.4 is 10.6 Å². The molecule has 0 amide bonds. The van der Waals surface area contributed by atoms with Crippen LogP contribution in [-0.4, -0.2) is 25.2 Å². The molecule has 12 heavy (non-hydrogen) atoms. The molecule has 1 aliphatic heterocycles. The van der Waals surface area contributed by atoms with Gasteiger partial charge in [0.05, 0.1) is 0 Å². The standard InChI is InChI=1S/C10H22N2/c1-9(2)7-10(3,4)12-6-5-11-8-9/h11-12H,5-8H2,1-4H3. The Hall–Kier alpha value is -0.0800. The highest BCUT2D eigenvalue weighted by molar-refractivity contribution is 4.88. The maximum absolute atomic E-state index is 3.55. The van der Waals surface area contributed by atoms with Gasteiger partial charge >= 0.3 is 0 Å². The van der Waals surface area contributed by atoms with Crippen molar-refractivity contribution in [2.24, 2.45) is 5.41 Å². The van der Waals surface area contributed by atoms with Crippen molar-refractivity contribution in [2.75, 3.05) is 19.6 Å². The Morgan fingerprint density at radius 1 is 1.00 bits per heavy atom. The van der Waals surface area contributed by atoms with E-state index in [1.54, 1.807) is 0 Å². The molecule has 2 nitrogen and oxygen atoms in total. The van der Waals surface area contributed by atoms with Crippen LogP contribution in [-0.2, 0) is 0 Å². The molecule has 1 aliphatic rings. The predicted octanol–water partition coefficient (Wildman–Crippen LogP) is 1.37. The first-order chi connectivity index (χ1) is 5.41. The first-order valence-electron chi connectivity index (χ1n) is 4.87. The quantitative estimate of drug-likeness (QED) is 0.574. The zero-order chi connectivity index (χ0) is 9.24. The van der Waals surface area contributed by atoms with E-state index in [-0.39, 0.29) is 0 Å². The fourth-order valence-electron chi connectivity index (χ4n) is 2.24. The first kappa shape index (κ1) is 10.0. The summed E-state index contributed by atoms with van der Waals surface area (Å²) in [5, 5.41) is 7.01. The molecular formula is C10H22N2. The molecule has 1 fully saturated rings. The Morgan fingerprint density at radius 2 is 1.67 bits per heavy atom. The Morgan fingerprint density at radius 3 is 2.33 bits per heavy atom. The zero-order valence-corrected chi connectivity index (χ0v) is 8.83. The van der Waals surface area contributed by atoms with Gasteiger partial charge in [-0.15, -0.1) is 0 Å². The van der Waals surface area contributed by atoms with Gasteiger partial charge in [0.15, 0.2) is 0 Å². The summed E-state index contributed by atoms with van der Waals surface area (Å²) in [5.41, 5.74) is 0.711. The van der Waals surface area contributed by atoms with Crippen molar-refractivity contribution in [1.29, 1.82) is 0 Å². The molecule has 0 spiro atoms. The van der Waals surface area contributed by atoms with E-state index in [0.29, 0.717) is 11.0 Å². The number of hydrogen-bond donors (Lipinski definition) is 2.